The number of carbonyl (C=O) groups excluding carboxylic acids is 1. The minimum Gasteiger partial charge on any atom is -0.486 e. The van der Waals surface area contributed by atoms with Gasteiger partial charge < -0.3 is 14.8 Å². The van der Waals surface area contributed by atoms with Gasteiger partial charge in [-0.15, -0.1) is 11.8 Å². The Bertz CT molecular complexity index is 1010. The monoisotopic (exact) mass is 434 g/mol. The molecule has 0 radical (unpaired) electrons. The number of rotatable bonds is 5. The molecule has 2 aromatic rings. The van der Waals surface area contributed by atoms with Crippen LogP contribution < -0.4 is 14.8 Å². The van der Waals surface area contributed by atoms with Gasteiger partial charge in [0.1, 0.15) is 19.3 Å². The number of benzene rings is 2. The zero-order chi connectivity index (χ0) is 20.4. The molecule has 2 aliphatic heterocycles. The first-order valence-electron chi connectivity index (χ1n) is 9.35. The number of nitrogens with one attached hydrogen (secondary N) is 1. The fraction of sp³-hybridized carbons (Fsp3) is 0.350. The number of ether oxygens (including phenoxy) is 2. The smallest absolute Gasteiger partial charge is 0.243 e. The van der Waals surface area contributed by atoms with Crippen LogP contribution in [-0.4, -0.2) is 50.7 Å². The van der Waals surface area contributed by atoms with Gasteiger partial charge in [0.05, 0.1) is 4.90 Å². The number of amides is 1. The number of hydrogen-bond donors (Lipinski definition) is 1. The summed E-state index contributed by atoms with van der Waals surface area (Å²) in [5.74, 6) is 0.617. The van der Waals surface area contributed by atoms with Crippen molar-refractivity contribution in [2.45, 2.75) is 28.7 Å². The second-order valence-corrected chi connectivity index (χ2v) is 9.57. The van der Waals surface area contributed by atoms with Gasteiger partial charge in [0.2, 0.25) is 15.9 Å². The van der Waals surface area contributed by atoms with Gasteiger partial charge in [0.25, 0.3) is 0 Å². The van der Waals surface area contributed by atoms with Crippen molar-refractivity contribution in [1.82, 2.24) is 4.31 Å². The van der Waals surface area contributed by atoms with E-state index in [1.165, 1.54) is 16.4 Å². The normalized spacial score (nSPS) is 19.1. The van der Waals surface area contributed by atoms with E-state index in [0.717, 1.165) is 4.90 Å². The summed E-state index contributed by atoms with van der Waals surface area (Å²) in [5, 5.41) is 2.84. The second kappa shape index (κ2) is 8.25. The minimum atomic E-state index is -3.84. The van der Waals surface area contributed by atoms with Crippen LogP contribution in [0.2, 0.25) is 0 Å². The average molecular weight is 435 g/mol. The molecule has 1 N–H and O–H groups in total. The van der Waals surface area contributed by atoms with Gasteiger partial charge in [0, 0.05) is 23.2 Å². The first-order valence-corrected chi connectivity index (χ1v) is 12.0. The number of anilines is 1. The number of nitrogens with zero attached hydrogens (tertiary/aromatic N) is 1. The summed E-state index contributed by atoms with van der Waals surface area (Å²) in [6.07, 6.45) is 3.10. The Morgan fingerprint density at radius 2 is 1.83 bits per heavy atom. The second-order valence-electron chi connectivity index (χ2n) is 6.80. The fourth-order valence-electron chi connectivity index (χ4n) is 3.51. The van der Waals surface area contributed by atoms with Crippen LogP contribution in [0, 0.1) is 0 Å². The zero-order valence-electron chi connectivity index (χ0n) is 16.0. The lowest BCUT2D eigenvalue weighted by atomic mass is 10.2. The summed E-state index contributed by atoms with van der Waals surface area (Å²) in [5.41, 5.74) is 0.649. The van der Waals surface area contributed by atoms with E-state index in [1.807, 2.05) is 30.5 Å². The minimum absolute atomic E-state index is 0.103. The van der Waals surface area contributed by atoms with Gasteiger partial charge in [-0.25, -0.2) is 8.42 Å². The summed E-state index contributed by atoms with van der Waals surface area (Å²) < 4.78 is 38.7. The number of thioether (sulfide) groups is 1. The zero-order valence-corrected chi connectivity index (χ0v) is 17.6. The van der Waals surface area contributed by atoms with Gasteiger partial charge in [-0.2, -0.15) is 4.31 Å². The Balaban J connectivity index is 1.54. The Hall–Kier alpha value is -2.23. The molecule has 0 spiro atoms. The maximum atomic E-state index is 13.2. The molecule has 0 aliphatic carbocycles. The van der Waals surface area contributed by atoms with Gasteiger partial charge in [-0.1, -0.05) is 0 Å². The molecule has 0 saturated carbocycles. The molecule has 0 bridgehead atoms. The molecule has 1 amide bonds. The van der Waals surface area contributed by atoms with E-state index < -0.39 is 16.1 Å². The third-order valence-electron chi connectivity index (χ3n) is 4.98. The lowest BCUT2D eigenvalue weighted by Crippen LogP contribution is -2.43. The maximum absolute atomic E-state index is 13.2. The van der Waals surface area contributed by atoms with Gasteiger partial charge in [0.15, 0.2) is 11.5 Å². The van der Waals surface area contributed by atoms with Crippen LogP contribution in [0.1, 0.15) is 12.8 Å². The van der Waals surface area contributed by atoms with Crippen molar-refractivity contribution < 1.29 is 22.7 Å². The van der Waals surface area contributed by atoms with Crippen LogP contribution in [0.15, 0.2) is 52.3 Å². The molecule has 0 unspecified atom stereocenters. The van der Waals surface area contributed by atoms with E-state index in [4.69, 9.17) is 9.47 Å². The molecule has 4 rings (SSSR count). The molecule has 2 heterocycles. The molecule has 2 aromatic carbocycles. The summed E-state index contributed by atoms with van der Waals surface area (Å²) in [6.45, 7) is 1.12. The summed E-state index contributed by atoms with van der Waals surface area (Å²) in [4.78, 5) is 14.0. The largest absolute Gasteiger partial charge is 0.486 e. The predicted molar refractivity (Wildman–Crippen MR) is 111 cm³/mol. The van der Waals surface area contributed by atoms with Crippen LogP contribution >= 0.6 is 11.8 Å². The molecule has 29 heavy (non-hydrogen) atoms. The van der Waals surface area contributed by atoms with E-state index in [2.05, 4.69) is 5.32 Å². The van der Waals surface area contributed by atoms with E-state index >= 15 is 0 Å². The quantitative estimate of drug-likeness (QED) is 0.729. The molecule has 1 saturated heterocycles. The highest BCUT2D eigenvalue weighted by Crippen LogP contribution is 2.35. The van der Waals surface area contributed by atoms with Crippen molar-refractivity contribution in [3.05, 3.63) is 42.5 Å². The fourth-order valence-corrected chi connectivity index (χ4v) is 5.59. The van der Waals surface area contributed by atoms with Crippen molar-refractivity contribution in [1.29, 1.82) is 0 Å². The van der Waals surface area contributed by atoms with Crippen LogP contribution in [0.4, 0.5) is 5.69 Å². The molecule has 154 valence electrons. The lowest BCUT2D eigenvalue weighted by molar-refractivity contribution is -0.119. The topological polar surface area (TPSA) is 84.9 Å². The Morgan fingerprint density at radius 3 is 2.55 bits per heavy atom. The molecule has 9 heteroatoms. The van der Waals surface area contributed by atoms with E-state index in [1.54, 1.807) is 17.8 Å². The lowest BCUT2D eigenvalue weighted by Gasteiger charge is -2.24. The molecule has 2 aliphatic rings. The predicted octanol–water partition coefficient (Wildman–Crippen LogP) is 2.97. The van der Waals surface area contributed by atoms with Gasteiger partial charge in [-0.05, 0) is 55.5 Å². The molecule has 1 fully saturated rings. The van der Waals surface area contributed by atoms with Crippen molar-refractivity contribution in [3.63, 3.8) is 0 Å². The van der Waals surface area contributed by atoms with Crippen molar-refractivity contribution >= 4 is 33.4 Å². The third-order valence-corrected chi connectivity index (χ3v) is 7.63. The van der Waals surface area contributed by atoms with E-state index in [-0.39, 0.29) is 10.8 Å². The van der Waals surface area contributed by atoms with E-state index in [0.29, 0.717) is 49.8 Å². The Kier molecular flexibility index (Phi) is 5.71. The summed E-state index contributed by atoms with van der Waals surface area (Å²) >= 11 is 1.61. The summed E-state index contributed by atoms with van der Waals surface area (Å²) in [7, 11) is -3.84. The summed E-state index contributed by atoms with van der Waals surface area (Å²) in [6, 6.07) is 11.3. The number of sulfonamides is 1. The first-order chi connectivity index (χ1) is 14.0. The highest BCUT2D eigenvalue weighted by molar-refractivity contribution is 7.98. The third kappa shape index (κ3) is 4.08. The molecule has 0 aromatic heterocycles. The molecular formula is C20H22N2O5S2. The molecule has 1 atom stereocenters. The van der Waals surface area contributed by atoms with Gasteiger partial charge in [-0.3, -0.25) is 4.79 Å². The molecular weight excluding hydrogens is 412 g/mol. The Labute approximate surface area is 174 Å². The van der Waals surface area contributed by atoms with Crippen LogP contribution in [0.5, 0.6) is 11.5 Å². The van der Waals surface area contributed by atoms with Crippen molar-refractivity contribution in [2.24, 2.45) is 0 Å². The van der Waals surface area contributed by atoms with E-state index in [9.17, 15) is 13.2 Å². The highest BCUT2D eigenvalue weighted by Gasteiger charge is 2.39. The standard InChI is InChI=1S/C20H22N2O5S2/c1-28-15-6-4-14(5-7-15)21-20(23)17-3-2-10-22(17)29(24,25)16-8-9-18-19(13-16)27-12-11-26-18/h4-9,13,17H,2-3,10-12H2,1H3,(H,21,23)/t17-/m1/s1. The number of fused-ring (bicyclic) bond motifs is 1. The number of carbonyl (C=O) groups is 1. The Morgan fingerprint density at radius 1 is 1.10 bits per heavy atom. The van der Waals surface area contributed by atoms with Crippen molar-refractivity contribution in [3.8, 4) is 11.5 Å². The average Bonchev–Trinajstić information content (AvgIpc) is 3.25. The van der Waals surface area contributed by atoms with Crippen LogP contribution in [0.25, 0.3) is 0 Å². The van der Waals surface area contributed by atoms with Crippen LogP contribution in [0.3, 0.4) is 0 Å². The van der Waals surface area contributed by atoms with Crippen LogP contribution in [-0.2, 0) is 14.8 Å². The first kappa shape index (κ1) is 20.1. The SMILES string of the molecule is CSc1ccc(NC(=O)[C@H]2CCCN2S(=O)(=O)c2ccc3c(c2)OCCO3)cc1. The molecule has 7 nitrogen and oxygen atoms in total. The number of hydrogen-bond acceptors (Lipinski definition) is 6. The van der Waals surface area contributed by atoms with Gasteiger partial charge >= 0.3 is 0 Å². The highest BCUT2D eigenvalue weighted by atomic mass is 32.2. The van der Waals surface area contributed by atoms with Crippen molar-refractivity contribution in [2.75, 3.05) is 31.3 Å². The maximum Gasteiger partial charge on any atom is 0.243 e.